The maximum Gasteiger partial charge on any atom is 0.248 e. The predicted octanol–water partition coefficient (Wildman–Crippen LogP) is 1.64. The van der Waals surface area contributed by atoms with Crippen molar-refractivity contribution in [1.29, 1.82) is 0 Å². The molecule has 0 aliphatic carbocycles. The maximum absolute atomic E-state index is 14.4. The van der Waals surface area contributed by atoms with Crippen LogP contribution in [0, 0.1) is 0 Å². The van der Waals surface area contributed by atoms with Gasteiger partial charge in [-0.1, -0.05) is 36.4 Å². The Hall–Kier alpha value is -5.00. The van der Waals surface area contributed by atoms with Crippen molar-refractivity contribution in [1.82, 2.24) is 71.5 Å². The summed E-state index contributed by atoms with van der Waals surface area (Å²) >= 11 is 2.89. The van der Waals surface area contributed by atoms with Crippen molar-refractivity contribution >= 4 is 47.2 Å². The van der Waals surface area contributed by atoms with E-state index in [9.17, 15) is 19.2 Å². The van der Waals surface area contributed by atoms with Gasteiger partial charge in [-0.15, -0.1) is 10.2 Å². The SMILES string of the molecule is CN[C@@H](C)C(=O)N[C@H](C(=O)N1CCC[C@H]1Cn1nnnc1Sc1ccccc1)[C@@H](C)OCCO[C@H](C)[C@H](NC(=O)[C@H](C)NC)C(=O)N1CCC[C@H]1Cn1nnnc1Sc1ccccc1. The highest BCUT2D eigenvalue weighted by molar-refractivity contribution is 7.99. The van der Waals surface area contributed by atoms with Gasteiger partial charge in [0.15, 0.2) is 0 Å². The molecular weight excluding hydrogens is 861 g/mol. The number of hydrogen-bond donors (Lipinski definition) is 4. The van der Waals surface area contributed by atoms with Gasteiger partial charge in [-0.3, -0.25) is 19.2 Å². The van der Waals surface area contributed by atoms with Gasteiger partial charge in [0.2, 0.25) is 33.9 Å². The van der Waals surface area contributed by atoms with Gasteiger partial charge in [0, 0.05) is 22.9 Å². The molecular formula is C42H60N14O6S2. The smallest absolute Gasteiger partial charge is 0.248 e. The molecule has 20 nitrogen and oxygen atoms in total. The van der Waals surface area contributed by atoms with Crippen LogP contribution in [-0.2, 0) is 41.7 Å². The first-order valence-corrected chi connectivity index (χ1v) is 23.4. The van der Waals surface area contributed by atoms with Crippen molar-refractivity contribution in [2.24, 2.45) is 0 Å². The number of carbonyl (C=O) groups excluding carboxylic acids is 4. The number of nitrogens with zero attached hydrogens (tertiary/aromatic N) is 10. The molecule has 2 saturated heterocycles. The summed E-state index contributed by atoms with van der Waals surface area (Å²) in [6.45, 7) is 8.76. The summed E-state index contributed by atoms with van der Waals surface area (Å²) in [5, 5.41) is 37.6. The molecule has 6 rings (SSSR count). The average Bonchev–Trinajstić information content (AvgIpc) is 4.16. The quantitative estimate of drug-likeness (QED) is 0.0776. The van der Waals surface area contributed by atoms with E-state index in [4.69, 9.17) is 9.47 Å². The lowest BCUT2D eigenvalue weighted by Crippen LogP contribution is -2.58. The largest absolute Gasteiger partial charge is 0.373 e. The fraction of sp³-hybridized carbons (Fsp3) is 0.571. The molecule has 2 aliphatic rings. The number of likely N-dealkylation sites (N-methyl/N-ethyl adjacent to an activating group) is 2. The number of hydrogen-bond acceptors (Lipinski definition) is 16. The lowest BCUT2D eigenvalue weighted by molar-refractivity contribution is -0.144. The Labute approximate surface area is 382 Å². The number of amides is 4. The fourth-order valence-electron chi connectivity index (χ4n) is 7.58. The number of ether oxygens (including phenoxy) is 2. The second-order valence-electron chi connectivity index (χ2n) is 15.9. The summed E-state index contributed by atoms with van der Waals surface area (Å²) in [5.41, 5.74) is 0. The van der Waals surface area contributed by atoms with Crippen LogP contribution in [0.2, 0.25) is 0 Å². The van der Waals surface area contributed by atoms with E-state index in [0.29, 0.717) is 36.5 Å². The maximum atomic E-state index is 14.4. The number of benzene rings is 2. The van der Waals surface area contributed by atoms with E-state index in [1.54, 1.807) is 61.0 Å². The molecule has 346 valence electrons. The molecule has 2 aromatic heterocycles. The number of carbonyl (C=O) groups is 4. The molecule has 64 heavy (non-hydrogen) atoms. The lowest BCUT2D eigenvalue weighted by atomic mass is 10.1. The van der Waals surface area contributed by atoms with Crippen LogP contribution in [0.25, 0.3) is 0 Å². The molecule has 0 saturated carbocycles. The molecule has 2 fully saturated rings. The van der Waals surface area contributed by atoms with Gasteiger partial charge in [0.25, 0.3) is 0 Å². The van der Waals surface area contributed by atoms with E-state index < -0.39 is 36.4 Å². The zero-order valence-electron chi connectivity index (χ0n) is 37.2. The van der Waals surface area contributed by atoms with Gasteiger partial charge in [-0.2, -0.15) is 0 Å². The monoisotopic (exact) mass is 920 g/mol. The van der Waals surface area contributed by atoms with E-state index in [0.717, 1.165) is 35.5 Å². The number of aromatic nitrogens is 8. The molecule has 0 radical (unpaired) electrons. The number of likely N-dealkylation sites (tertiary alicyclic amines) is 2. The summed E-state index contributed by atoms with van der Waals surface area (Å²) in [4.78, 5) is 60.8. The topological polar surface area (TPSA) is 229 Å². The minimum Gasteiger partial charge on any atom is -0.373 e. The summed E-state index contributed by atoms with van der Waals surface area (Å²) in [6.07, 6.45) is 1.53. The summed E-state index contributed by atoms with van der Waals surface area (Å²) in [7, 11) is 3.35. The molecule has 8 atom stereocenters. The zero-order chi connectivity index (χ0) is 45.6. The molecule has 0 bridgehead atoms. The average molecular weight is 921 g/mol. The molecule has 4 amide bonds. The number of nitrogens with one attached hydrogen (secondary N) is 4. The van der Waals surface area contributed by atoms with Gasteiger partial charge in [-0.25, -0.2) is 9.36 Å². The Bertz CT molecular complexity index is 1970. The highest BCUT2D eigenvalue weighted by Gasteiger charge is 2.40. The van der Waals surface area contributed by atoms with Crippen molar-refractivity contribution < 1.29 is 28.7 Å². The van der Waals surface area contributed by atoms with Crippen LogP contribution in [0.3, 0.4) is 0 Å². The number of tetrazole rings is 2. The Balaban J connectivity index is 1.09. The summed E-state index contributed by atoms with van der Waals surface area (Å²) in [5.74, 6) is -1.24. The van der Waals surface area contributed by atoms with Crippen LogP contribution in [0.4, 0.5) is 0 Å². The third kappa shape index (κ3) is 12.8. The van der Waals surface area contributed by atoms with Gasteiger partial charge in [0.1, 0.15) is 12.1 Å². The highest BCUT2D eigenvalue weighted by Crippen LogP contribution is 2.29. The molecule has 2 aromatic carbocycles. The predicted molar refractivity (Wildman–Crippen MR) is 238 cm³/mol. The van der Waals surface area contributed by atoms with E-state index in [1.165, 1.54) is 23.5 Å². The minimum absolute atomic E-state index is 0.0378. The van der Waals surface area contributed by atoms with E-state index in [2.05, 4.69) is 52.3 Å². The molecule has 4 N–H and O–H groups in total. The first kappa shape index (κ1) is 48.5. The molecule has 4 aromatic rings. The van der Waals surface area contributed by atoms with Crippen molar-refractivity contribution in [2.45, 2.75) is 135 Å². The molecule has 0 spiro atoms. The van der Waals surface area contributed by atoms with Gasteiger partial charge < -0.3 is 40.5 Å². The van der Waals surface area contributed by atoms with Gasteiger partial charge in [-0.05, 0) is 136 Å². The van der Waals surface area contributed by atoms with Crippen molar-refractivity contribution in [3.8, 4) is 0 Å². The Morgan fingerprint density at radius 1 is 0.641 bits per heavy atom. The van der Waals surface area contributed by atoms with Crippen molar-refractivity contribution in [3.05, 3.63) is 60.7 Å². The van der Waals surface area contributed by atoms with Crippen LogP contribution < -0.4 is 21.3 Å². The summed E-state index contributed by atoms with van der Waals surface area (Å²) in [6, 6.07) is 16.0. The second-order valence-corrected chi connectivity index (χ2v) is 18.0. The molecule has 0 unspecified atom stereocenters. The fourth-order valence-corrected chi connectivity index (χ4v) is 9.18. The Kier molecular flexibility index (Phi) is 18.0. The van der Waals surface area contributed by atoms with Crippen LogP contribution in [0.1, 0.15) is 53.4 Å². The molecule has 4 heterocycles. The van der Waals surface area contributed by atoms with Crippen LogP contribution in [0.5, 0.6) is 0 Å². The standard InChI is InChI=1S/C42H60N14O6S2/c1-27(43-5)37(57)45-35(39(59)53-21-13-15-31(53)25-55-41(47-49-51-55)63-33-17-9-7-10-18-33)29(3)61-23-24-62-30(4)36(46-38(58)28(2)44-6)40(60)54-22-14-16-32(54)26-56-42(48-50-52-56)64-34-19-11-8-12-20-34/h7-12,17-20,27-32,35-36,43-44H,13-16,21-26H2,1-6H3,(H,45,57)(H,46,58)/t27-,28-,29+,30+,31-,32-,35-,36-/m0/s1. The van der Waals surface area contributed by atoms with E-state index >= 15 is 0 Å². The van der Waals surface area contributed by atoms with Gasteiger partial charge in [0.05, 0.1) is 62.7 Å². The lowest BCUT2D eigenvalue weighted by Gasteiger charge is -2.33. The summed E-state index contributed by atoms with van der Waals surface area (Å²) < 4.78 is 15.9. The van der Waals surface area contributed by atoms with Crippen LogP contribution in [-0.4, -0.2) is 163 Å². The van der Waals surface area contributed by atoms with Gasteiger partial charge >= 0.3 is 0 Å². The van der Waals surface area contributed by atoms with E-state index in [-0.39, 0.29) is 48.9 Å². The molecule has 22 heteroatoms. The highest BCUT2D eigenvalue weighted by atomic mass is 32.2. The minimum atomic E-state index is -1.01. The van der Waals surface area contributed by atoms with Crippen LogP contribution >= 0.6 is 23.5 Å². The second kappa shape index (κ2) is 23.8. The first-order chi connectivity index (χ1) is 31.0. The molecule has 2 aliphatic heterocycles. The van der Waals surface area contributed by atoms with Crippen LogP contribution in [0.15, 0.2) is 80.8 Å². The van der Waals surface area contributed by atoms with Crippen molar-refractivity contribution in [3.63, 3.8) is 0 Å². The normalized spacial score (nSPS) is 19.2. The number of rotatable bonds is 23. The van der Waals surface area contributed by atoms with Crippen molar-refractivity contribution in [2.75, 3.05) is 40.4 Å². The third-order valence-corrected chi connectivity index (χ3v) is 13.5. The Morgan fingerprint density at radius 3 is 1.41 bits per heavy atom. The zero-order valence-corrected chi connectivity index (χ0v) is 38.8. The Morgan fingerprint density at radius 2 is 1.03 bits per heavy atom. The first-order valence-electron chi connectivity index (χ1n) is 21.7. The third-order valence-electron chi connectivity index (χ3n) is 11.6. The van der Waals surface area contributed by atoms with E-state index in [1.807, 2.05) is 60.7 Å².